The third-order valence-corrected chi connectivity index (χ3v) is 3.70. The van der Waals surface area contributed by atoms with Crippen LogP contribution in [-0.4, -0.2) is 41.0 Å². The number of nitrogen functional groups attached to an aromatic ring is 1. The van der Waals surface area contributed by atoms with Crippen molar-refractivity contribution in [1.82, 2.24) is 14.9 Å². The number of nitrogens with two attached hydrogens (primary N) is 1. The summed E-state index contributed by atoms with van der Waals surface area (Å²) >= 11 is 0. The number of anilines is 2. The number of aryl methyl sites for hydroxylation is 1. The van der Waals surface area contributed by atoms with E-state index < -0.39 is 0 Å². The topological polar surface area (TPSA) is 79.1 Å². The summed E-state index contributed by atoms with van der Waals surface area (Å²) in [5.74, 6) is 7.96. The van der Waals surface area contributed by atoms with Gasteiger partial charge in [0, 0.05) is 18.0 Å². The van der Waals surface area contributed by atoms with Crippen LogP contribution >= 0.6 is 0 Å². The molecule has 0 unspecified atom stereocenters. The largest absolute Gasteiger partial charge is 0.367 e. The summed E-state index contributed by atoms with van der Waals surface area (Å²) in [7, 11) is 2.16. The third-order valence-electron chi connectivity index (χ3n) is 3.70. The molecule has 1 aromatic heterocycles. The summed E-state index contributed by atoms with van der Waals surface area (Å²) in [6.45, 7) is 6.30. The minimum absolute atomic E-state index is 0.486. The van der Waals surface area contributed by atoms with Crippen molar-refractivity contribution in [3.8, 4) is 0 Å². The van der Waals surface area contributed by atoms with Crippen molar-refractivity contribution < 1.29 is 0 Å². The molecule has 19 heavy (non-hydrogen) atoms. The zero-order chi connectivity index (χ0) is 13.8. The molecule has 0 aromatic carbocycles. The van der Waals surface area contributed by atoms with E-state index in [4.69, 9.17) is 5.84 Å². The Kier molecular flexibility index (Phi) is 4.55. The molecule has 2 rings (SSSR count). The first-order valence-corrected chi connectivity index (χ1v) is 6.93. The van der Waals surface area contributed by atoms with Crippen molar-refractivity contribution in [2.24, 2.45) is 5.84 Å². The van der Waals surface area contributed by atoms with Crippen molar-refractivity contribution in [1.29, 1.82) is 0 Å². The summed E-state index contributed by atoms with van der Waals surface area (Å²) < 4.78 is 0. The average Bonchev–Trinajstić information content (AvgIpc) is 2.43. The molecule has 6 nitrogen and oxygen atoms in total. The van der Waals surface area contributed by atoms with Crippen LogP contribution in [0.25, 0.3) is 0 Å². The molecule has 106 valence electrons. The van der Waals surface area contributed by atoms with E-state index in [2.05, 4.69) is 32.7 Å². The molecule has 1 aromatic rings. The Morgan fingerprint density at radius 1 is 1.26 bits per heavy atom. The Labute approximate surface area is 114 Å². The van der Waals surface area contributed by atoms with Gasteiger partial charge in [-0.05, 0) is 39.9 Å². The normalized spacial score (nSPS) is 17.5. The molecular formula is C13H24N6. The fourth-order valence-electron chi connectivity index (χ4n) is 2.35. The number of rotatable bonds is 4. The maximum atomic E-state index is 5.52. The molecule has 2 heterocycles. The second-order valence-electron chi connectivity index (χ2n) is 5.18. The molecule has 0 spiro atoms. The summed E-state index contributed by atoms with van der Waals surface area (Å²) in [5.41, 5.74) is 3.64. The van der Waals surface area contributed by atoms with E-state index in [0.29, 0.717) is 11.9 Å². The van der Waals surface area contributed by atoms with Gasteiger partial charge >= 0.3 is 0 Å². The molecule has 1 aliphatic heterocycles. The Hall–Kier alpha value is -1.40. The predicted molar refractivity (Wildman–Crippen MR) is 78.1 cm³/mol. The minimum atomic E-state index is 0.486. The number of aromatic nitrogens is 2. The smallest absolute Gasteiger partial charge is 0.148 e. The summed E-state index contributed by atoms with van der Waals surface area (Å²) in [4.78, 5) is 11.3. The zero-order valence-corrected chi connectivity index (χ0v) is 12.0. The van der Waals surface area contributed by atoms with Crippen LogP contribution < -0.4 is 16.6 Å². The number of piperidine rings is 1. The lowest BCUT2D eigenvalue weighted by atomic mass is 10.1. The van der Waals surface area contributed by atoms with Gasteiger partial charge in [-0.1, -0.05) is 6.92 Å². The first-order chi connectivity index (χ1) is 9.13. The van der Waals surface area contributed by atoms with Crippen LogP contribution in [-0.2, 0) is 6.42 Å². The highest BCUT2D eigenvalue weighted by Gasteiger charge is 2.18. The fraction of sp³-hybridized carbons (Fsp3) is 0.692. The Balaban J connectivity index is 2.14. The van der Waals surface area contributed by atoms with Gasteiger partial charge < -0.3 is 15.6 Å². The van der Waals surface area contributed by atoms with Crippen LogP contribution in [0.2, 0.25) is 0 Å². The lowest BCUT2D eigenvalue weighted by molar-refractivity contribution is 0.263. The summed E-state index contributed by atoms with van der Waals surface area (Å²) in [6.07, 6.45) is 3.09. The molecule has 0 aliphatic carbocycles. The molecule has 4 N–H and O–H groups in total. The number of hydrogen-bond acceptors (Lipinski definition) is 6. The predicted octanol–water partition coefficient (Wildman–Crippen LogP) is 1.14. The molecule has 1 fully saturated rings. The van der Waals surface area contributed by atoms with Crippen LogP contribution in [0.4, 0.5) is 11.6 Å². The first kappa shape index (κ1) is 14.0. The Bertz CT molecular complexity index is 425. The van der Waals surface area contributed by atoms with Crippen LogP contribution in [0.3, 0.4) is 0 Å². The first-order valence-electron chi connectivity index (χ1n) is 6.93. The van der Waals surface area contributed by atoms with Gasteiger partial charge in [-0.2, -0.15) is 0 Å². The van der Waals surface area contributed by atoms with Gasteiger partial charge in [0.1, 0.15) is 17.5 Å². The standard InChI is InChI=1S/C13H24N6/c1-4-11-16-12(9(2)13(17-11)18-14)15-10-5-7-19(3)8-6-10/h10H,4-8,14H2,1-3H3,(H2,15,16,17,18). The van der Waals surface area contributed by atoms with Crippen LogP contribution in [0.5, 0.6) is 0 Å². The van der Waals surface area contributed by atoms with Gasteiger partial charge in [-0.3, -0.25) is 0 Å². The quantitative estimate of drug-likeness (QED) is 0.559. The molecule has 1 aliphatic rings. The van der Waals surface area contributed by atoms with Gasteiger partial charge in [-0.25, -0.2) is 15.8 Å². The van der Waals surface area contributed by atoms with Gasteiger partial charge in [0.05, 0.1) is 0 Å². The van der Waals surface area contributed by atoms with E-state index in [1.807, 2.05) is 13.8 Å². The summed E-state index contributed by atoms with van der Waals surface area (Å²) in [6, 6.07) is 0.486. The average molecular weight is 264 g/mol. The molecule has 0 atom stereocenters. The van der Waals surface area contributed by atoms with Crippen molar-refractivity contribution in [2.45, 2.75) is 39.2 Å². The fourth-order valence-corrected chi connectivity index (χ4v) is 2.35. The zero-order valence-electron chi connectivity index (χ0n) is 12.0. The summed E-state index contributed by atoms with van der Waals surface area (Å²) in [5, 5.41) is 3.55. The van der Waals surface area contributed by atoms with Gasteiger partial charge in [-0.15, -0.1) is 0 Å². The maximum Gasteiger partial charge on any atom is 0.148 e. The highest BCUT2D eigenvalue weighted by atomic mass is 15.3. The van der Waals surface area contributed by atoms with E-state index in [-0.39, 0.29) is 0 Å². The van der Waals surface area contributed by atoms with Crippen molar-refractivity contribution in [2.75, 3.05) is 30.9 Å². The second kappa shape index (κ2) is 6.16. The maximum absolute atomic E-state index is 5.52. The number of hydrazine groups is 1. The molecule has 0 saturated carbocycles. The number of likely N-dealkylation sites (tertiary alicyclic amines) is 1. The number of nitrogens with one attached hydrogen (secondary N) is 2. The molecular weight excluding hydrogens is 240 g/mol. The van der Waals surface area contributed by atoms with Crippen LogP contribution in [0, 0.1) is 6.92 Å². The van der Waals surface area contributed by atoms with Crippen LogP contribution in [0.1, 0.15) is 31.2 Å². The third kappa shape index (κ3) is 3.33. The van der Waals surface area contributed by atoms with Crippen molar-refractivity contribution in [3.05, 3.63) is 11.4 Å². The highest BCUT2D eigenvalue weighted by molar-refractivity contribution is 5.57. The van der Waals surface area contributed by atoms with Gasteiger partial charge in [0.2, 0.25) is 0 Å². The van der Waals surface area contributed by atoms with Crippen molar-refractivity contribution >= 4 is 11.6 Å². The SMILES string of the molecule is CCc1nc(NN)c(C)c(NC2CCN(C)CC2)n1. The molecule has 1 saturated heterocycles. The van der Waals surface area contributed by atoms with Crippen molar-refractivity contribution in [3.63, 3.8) is 0 Å². The van der Waals surface area contributed by atoms with Gasteiger partial charge in [0.15, 0.2) is 0 Å². The Morgan fingerprint density at radius 2 is 1.89 bits per heavy atom. The minimum Gasteiger partial charge on any atom is -0.367 e. The van der Waals surface area contributed by atoms with Gasteiger partial charge in [0.25, 0.3) is 0 Å². The lowest BCUT2D eigenvalue weighted by Gasteiger charge is -2.30. The lowest BCUT2D eigenvalue weighted by Crippen LogP contribution is -2.37. The van der Waals surface area contributed by atoms with E-state index in [1.165, 1.54) is 0 Å². The molecule has 0 amide bonds. The Morgan fingerprint density at radius 3 is 2.47 bits per heavy atom. The van der Waals surface area contributed by atoms with E-state index in [0.717, 1.165) is 49.6 Å². The highest BCUT2D eigenvalue weighted by Crippen LogP contribution is 2.22. The van der Waals surface area contributed by atoms with Crippen LogP contribution in [0.15, 0.2) is 0 Å². The number of hydrogen-bond donors (Lipinski definition) is 3. The van der Waals surface area contributed by atoms with E-state index >= 15 is 0 Å². The molecule has 0 radical (unpaired) electrons. The number of nitrogens with zero attached hydrogens (tertiary/aromatic N) is 3. The monoisotopic (exact) mass is 264 g/mol. The molecule has 6 heteroatoms. The van der Waals surface area contributed by atoms with E-state index in [1.54, 1.807) is 0 Å². The molecule has 0 bridgehead atoms. The second-order valence-corrected chi connectivity index (χ2v) is 5.18. The van der Waals surface area contributed by atoms with E-state index in [9.17, 15) is 0 Å².